The summed E-state index contributed by atoms with van der Waals surface area (Å²) in [6.45, 7) is 0. The fourth-order valence-electron chi connectivity index (χ4n) is 9.62. The Kier molecular flexibility index (Phi) is 8.12. The molecular weight excluding hydrogens is 699 g/mol. The van der Waals surface area contributed by atoms with E-state index in [1.165, 1.54) is 77.2 Å². The average Bonchev–Trinajstić information content (AvgIpc) is 3.61. The van der Waals surface area contributed by atoms with Crippen molar-refractivity contribution in [3.05, 3.63) is 259 Å². The molecule has 0 aromatic heterocycles. The van der Waals surface area contributed by atoms with E-state index < -0.39 is 5.41 Å². The lowest BCUT2D eigenvalue weighted by Crippen LogP contribution is -2.28. The largest absolute Gasteiger partial charge is 0.309 e. The van der Waals surface area contributed by atoms with E-state index in [0.29, 0.717) is 0 Å². The summed E-state index contributed by atoms with van der Waals surface area (Å²) in [5.41, 5.74) is 15.2. The molecule has 1 heteroatoms. The van der Waals surface area contributed by atoms with Gasteiger partial charge in [-0.25, -0.2) is 0 Å². The lowest BCUT2D eigenvalue weighted by molar-refractivity contribution is 0.768. The van der Waals surface area contributed by atoms with Crippen molar-refractivity contribution in [3.8, 4) is 33.4 Å². The molecule has 0 aliphatic heterocycles. The Balaban J connectivity index is 1.24. The average molecular weight is 738 g/mol. The Morgan fingerprint density at radius 1 is 0.310 bits per heavy atom. The predicted octanol–water partition coefficient (Wildman–Crippen LogP) is 15.2. The maximum absolute atomic E-state index is 2.53. The number of fused-ring (bicyclic) bond motifs is 5. The highest BCUT2D eigenvalue weighted by molar-refractivity contribution is 6.07. The predicted molar refractivity (Wildman–Crippen MR) is 244 cm³/mol. The van der Waals surface area contributed by atoms with Gasteiger partial charge in [0, 0.05) is 16.8 Å². The second-order valence-corrected chi connectivity index (χ2v) is 15.2. The van der Waals surface area contributed by atoms with Crippen LogP contribution in [0.4, 0.5) is 17.1 Å². The fraction of sp³-hybridized carbons (Fsp3) is 0.0175. The molecule has 1 nitrogen and oxygen atoms in total. The van der Waals surface area contributed by atoms with Crippen LogP contribution in [0.3, 0.4) is 0 Å². The summed E-state index contributed by atoms with van der Waals surface area (Å²) in [5.74, 6) is 0. The summed E-state index contributed by atoms with van der Waals surface area (Å²) < 4.78 is 0. The lowest BCUT2D eigenvalue weighted by Gasteiger charge is -2.35. The Bertz CT molecular complexity index is 3070. The number of rotatable bonds is 7. The van der Waals surface area contributed by atoms with Gasteiger partial charge in [0.05, 0.1) is 16.8 Å². The maximum Gasteiger partial charge on any atom is 0.0714 e. The second kappa shape index (κ2) is 13.9. The third-order valence-corrected chi connectivity index (χ3v) is 12.1. The van der Waals surface area contributed by atoms with E-state index in [-0.39, 0.29) is 0 Å². The fourth-order valence-corrected chi connectivity index (χ4v) is 9.62. The van der Waals surface area contributed by atoms with Crippen LogP contribution in [0.1, 0.15) is 22.3 Å². The van der Waals surface area contributed by atoms with Gasteiger partial charge in [-0.1, -0.05) is 206 Å². The van der Waals surface area contributed by atoms with Crippen molar-refractivity contribution in [3.63, 3.8) is 0 Å². The minimum atomic E-state index is -0.519. The first-order valence-electron chi connectivity index (χ1n) is 20.1. The van der Waals surface area contributed by atoms with Crippen LogP contribution in [0.2, 0.25) is 0 Å². The molecule has 0 bridgehead atoms. The maximum atomic E-state index is 2.53. The van der Waals surface area contributed by atoms with Gasteiger partial charge in [-0.2, -0.15) is 0 Å². The van der Waals surface area contributed by atoms with E-state index >= 15 is 0 Å². The number of nitrogens with zero attached hydrogens (tertiary/aromatic N) is 1. The van der Waals surface area contributed by atoms with Crippen molar-refractivity contribution in [2.45, 2.75) is 5.41 Å². The minimum Gasteiger partial charge on any atom is -0.309 e. The molecule has 0 unspecified atom stereocenters. The van der Waals surface area contributed by atoms with Gasteiger partial charge < -0.3 is 4.90 Å². The van der Waals surface area contributed by atoms with Crippen LogP contribution in [0, 0.1) is 0 Å². The summed E-state index contributed by atoms with van der Waals surface area (Å²) >= 11 is 0. The zero-order valence-electron chi connectivity index (χ0n) is 32.0. The van der Waals surface area contributed by atoms with E-state index in [1.807, 2.05) is 0 Å². The van der Waals surface area contributed by atoms with Gasteiger partial charge >= 0.3 is 0 Å². The monoisotopic (exact) mass is 737 g/mol. The van der Waals surface area contributed by atoms with E-state index in [9.17, 15) is 0 Å². The number of anilines is 3. The minimum absolute atomic E-state index is 0.519. The molecule has 10 aromatic rings. The van der Waals surface area contributed by atoms with Crippen LogP contribution < -0.4 is 4.90 Å². The molecule has 0 atom stereocenters. The van der Waals surface area contributed by atoms with Crippen LogP contribution in [0.5, 0.6) is 0 Å². The molecule has 10 aromatic carbocycles. The molecule has 0 heterocycles. The van der Waals surface area contributed by atoms with E-state index in [1.54, 1.807) is 0 Å². The molecular formula is C57H39N. The van der Waals surface area contributed by atoms with E-state index in [4.69, 9.17) is 0 Å². The molecule has 0 saturated heterocycles. The highest BCUT2D eigenvalue weighted by atomic mass is 15.1. The molecule has 0 spiro atoms. The zero-order chi connectivity index (χ0) is 38.5. The number of hydrogen-bond acceptors (Lipinski definition) is 1. The van der Waals surface area contributed by atoms with Crippen molar-refractivity contribution in [2.24, 2.45) is 0 Å². The van der Waals surface area contributed by atoms with Crippen molar-refractivity contribution in [1.82, 2.24) is 0 Å². The summed E-state index contributed by atoms with van der Waals surface area (Å²) in [7, 11) is 0. The Morgan fingerprint density at radius 2 is 0.862 bits per heavy atom. The lowest BCUT2D eigenvalue weighted by atomic mass is 9.68. The molecule has 272 valence electrons. The Labute approximate surface area is 339 Å². The topological polar surface area (TPSA) is 3.24 Å². The highest BCUT2D eigenvalue weighted by Gasteiger charge is 2.47. The third-order valence-electron chi connectivity index (χ3n) is 12.1. The standard InChI is InChI=1S/C57H39N/c1-4-20-42(21-5-1)55-49-29-13-12-19-41(49)36-37-54(55)58(48-28-16-23-44(39-48)45-35-34-40-18-10-11-22-43(40)38-45)53-33-17-32-52-56(53)50-30-14-15-31-51(50)57(52,46-24-6-2-7-25-46)47-26-8-3-9-27-47/h1-39H. The third kappa shape index (κ3) is 5.32. The molecule has 1 aliphatic carbocycles. The normalized spacial score (nSPS) is 12.6. The van der Waals surface area contributed by atoms with Crippen LogP contribution in [-0.4, -0.2) is 0 Å². The molecule has 0 fully saturated rings. The summed E-state index contributed by atoms with van der Waals surface area (Å²) in [6.07, 6.45) is 0. The molecule has 58 heavy (non-hydrogen) atoms. The van der Waals surface area contributed by atoms with Crippen molar-refractivity contribution < 1.29 is 0 Å². The van der Waals surface area contributed by atoms with Gasteiger partial charge in [-0.15, -0.1) is 0 Å². The molecule has 0 radical (unpaired) electrons. The first-order valence-corrected chi connectivity index (χ1v) is 20.1. The molecule has 1 aliphatic rings. The van der Waals surface area contributed by atoms with Gasteiger partial charge in [0.1, 0.15) is 0 Å². The van der Waals surface area contributed by atoms with Gasteiger partial charge in [0.25, 0.3) is 0 Å². The Hall–Kier alpha value is -7.48. The summed E-state index contributed by atoms with van der Waals surface area (Å²) in [4.78, 5) is 2.53. The summed E-state index contributed by atoms with van der Waals surface area (Å²) in [5, 5.41) is 4.91. The first-order chi connectivity index (χ1) is 28.8. The number of benzene rings is 10. The van der Waals surface area contributed by atoms with Gasteiger partial charge in [0.15, 0.2) is 0 Å². The molecule has 11 rings (SSSR count). The van der Waals surface area contributed by atoms with Gasteiger partial charge in [0.2, 0.25) is 0 Å². The quantitative estimate of drug-likeness (QED) is 0.157. The first kappa shape index (κ1) is 33.8. The highest BCUT2D eigenvalue weighted by Crippen LogP contribution is 2.60. The van der Waals surface area contributed by atoms with Crippen LogP contribution in [-0.2, 0) is 5.41 Å². The van der Waals surface area contributed by atoms with E-state index in [0.717, 1.165) is 17.1 Å². The van der Waals surface area contributed by atoms with Crippen LogP contribution in [0.15, 0.2) is 237 Å². The van der Waals surface area contributed by atoms with Crippen LogP contribution >= 0.6 is 0 Å². The van der Waals surface area contributed by atoms with Crippen molar-refractivity contribution >= 4 is 38.6 Å². The second-order valence-electron chi connectivity index (χ2n) is 15.2. The zero-order valence-corrected chi connectivity index (χ0v) is 32.0. The SMILES string of the molecule is c1ccc(-c2c(N(c3cccc(-c4ccc5ccccc5c4)c3)c3cccc4c3-c3ccccc3C4(c3ccccc3)c3ccccc3)ccc3ccccc23)cc1. The molecule has 0 N–H and O–H groups in total. The van der Waals surface area contributed by atoms with Gasteiger partial charge in [-0.05, 0) is 96.4 Å². The Morgan fingerprint density at radius 3 is 1.64 bits per heavy atom. The van der Waals surface area contributed by atoms with Crippen molar-refractivity contribution in [2.75, 3.05) is 4.90 Å². The van der Waals surface area contributed by atoms with E-state index in [2.05, 4.69) is 241 Å². The summed E-state index contributed by atoms with van der Waals surface area (Å²) in [6, 6.07) is 87.0. The van der Waals surface area contributed by atoms with Crippen LogP contribution in [0.25, 0.3) is 54.9 Å². The molecule has 0 saturated carbocycles. The van der Waals surface area contributed by atoms with Crippen molar-refractivity contribution in [1.29, 1.82) is 0 Å². The number of hydrogen-bond donors (Lipinski definition) is 0. The van der Waals surface area contributed by atoms with Gasteiger partial charge in [-0.3, -0.25) is 0 Å². The molecule has 0 amide bonds. The smallest absolute Gasteiger partial charge is 0.0714 e.